The molecule has 0 bridgehead atoms. The van der Waals surface area contributed by atoms with Gasteiger partial charge in [0.05, 0.1) is 12.0 Å². The highest BCUT2D eigenvalue weighted by atomic mass is 32.1. The molecule has 6 heteroatoms. The molecule has 1 aliphatic heterocycles. The van der Waals surface area contributed by atoms with E-state index < -0.39 is 5.97 Å². The van der Waals surface area contributed by atoms with Gasteiger partial charge in [0.1, 0.15) is 4.88 Å². The number of amides is 1. The molecule has 5 nitrogen and oxygen atoms in total. The minimum absolute atomic E-state index is 0.00159. The fraction of sp³-hybridized carbons (Fsp3) is 0.368. The molecule has 0 aliphatic carbocycles. The highest BCUT2D eigenvalue weighted by molar-refractivity contribution is 7.15. The van der Waals surface area contributed by atoms with Crippen LogP contribution in [0.5, 0.6) is 0 Å². The number of esters is 1. The number of hydrogen-bond donors (Lipinski definition) is 0. The van der Waals surface area contributed by atoms with Crippen molar-refractivity contribution in [2.24, 2.45) is 0 Å². The summed E-state index contributed by atoms with van der Waals surface area (Å²) < 4.78 is 4.71. The van der Waals surface area contributed by atoms with Crippen LogP contribution in [-0.4, -0.2) is 55.0 Å². The van der Waals surface area contributed by atoms with Crippen LogP contribution in [0.2, 0.25) is 0 Å². The number of carbonyl (C=O) groups excluding carboxylic acids is 2. The summed E-state index contributed by atoms with van der Waals surface area (Å²) in [6, 6.07) is 13.8. The van der Waals surface area contributed by atoms with Gasteiger partial charge >= 0.3 is 5.97 Å². The predicted molar refractivity (Wildman–Crippen MR) is 97.9 cm³/mol. The topological polar surface area (TPSA) is 49.9 Å². The first-order valence-corrected chi connectivity index (χ1v) is 9.23. The molecule has 0 N–H and O–H groups in total. The van der Waals surface area contributed by atoms with Crippen LogP contribution in [0.15, 0.2) is 42.5 Å². The molecule has 1 aromatic heterocycles. The normalized spacial score (nSPS) is 15.6. The fourth-order valence-electron chi connectivity index (χ4n) is 2.99. The molecule has 1 saturated heterocycles. The summed E-state index contributed by atoms with van der Waals surface area (Å²) in [7, 11) is 1.35. The van der Waals surface area contributed by atoms with Crippen LogP contribution in [0.1, 0.15) is 31.3 Å². The van der Waals surface area contributed by atoms with Crippen molar-refractivity contribution < 1.29 is 14.3 Å². The van der Waals surface area contributed by atoms with E-state index in [9.17, 15) is 9.59 Å². The average Bonchev–Trinajstić information content (AvgIpc) is 3.02. The Morgan fingerprint density at radius 3 is 2.52 bits per heavy atom. The molecule has 0 radical (unpaired) electrons. The second kappa shape index (κ2) is 8.27. The van der Waals surface area contributed by atoms with E-state index in [1.54, 1.807) is 12.1 Å². The number of nitrogens with zero attached hydrogens (tertiary/aromatic N) is 2. The van der Waals surface area contributed by atoms with Gasteiger partial charge < -0.3 is 9.64 Å². The Hall–Kier alpha value is -2.18. The number of hydrogen-bond acceptors (Lipinski definition) is 5. The second-order valence-corrected chi connectivity index (χ2v) is 7.15. The Kier molecular flexibility index (Phi) is 5.83. The molecule has 25 heavy (non-hydrogen) atoms. The molecule has 0 unspecified atom stereocenters. The number of methoxy groups -OCH3 is 1. The zero-order valence-electron chi connectivity index (χ0n) is 14.3. The minimum Gasteiger partial charge on any atom is -0.465 e. The Morgan fingerprint density at radius 2 is 1.76 bits per heavy atom. The van der Waals surface area contributed by atoms with Crippen LogP contribution in [0, 0.1) is 0 Å². The summed E-state index contributed by atoms with van der Waals surface area (Å²) in [6.07, 6.45) is 0.952. The Labute approximate surface area is 151 Å². The Bertz CT molecular complexity index is 729. The third-order valence-electron chi connectivity index (χ3n) is 4.33. The summed E-state index contributed by atoms with van der Waals surface area (Å²) in [5, 5.41) is 0. The first-order valence-electron chi connectivity index (χ1n) is 8.41. The van der Waals surface area contributed by atoms with Crippen molar-refractivity contribution in [1.29, 1.82) is 0 Å². The van der Waals surface area contributed by atoms with Gasteiger partial charge in [0.25, 0.3) is 5.91 Å². The third kappa shape index (κ3) is 4.46. The molecule has 0 atom stereocenters. The minimum atomic E-state index is -0.394. The van der Waals surface area contributed by atoms with Crippen molar-refractivity contribution in [3.63, 3.8) is 0 Å². The molecular formula is C19H22N2O3S. The fourth-order valence-corrected chi connectivity index (χ4v) is 3.88. The van der Waals surface area contributed by atoms with Gasteiger partial charge in [-0.25, -0.2) is 4.79 Å². The van der Waals surface area contributed by atoms with E-state index in [1.807, 2.05) is 11.0 Å². The van der Waals surface area contributed by atoms with Crippen LogP contribution >= 0.6 is 11.3 Å². The lowest BCUT2D eigenvalue weighted by Gasteiger charge is -2.21. The zero-order chi connectivity index (χ0) is 17.6. The number of thiophene rings is 1. The Balaban J connectivity index is 1.59. The van der Waals surface area contributed by atoms with Crippen molar-refractivity contribution in [1.82, 2.24) is 9.80 Å². The first-order chi connectivity index (χ1) is 12.2. The zero-order valence-corrected chi connectivity index (χ0v) is 15.1. The van der Waals surface area contributed by atoms with Gasteiger partial charge in [0.2, 0.25) is 0 Å². The molecule has 0 saturated carbocycles. The maximum atomic E-state index is 12.7. The van der Waals surface area contributed by atoms with Gasteiger partial charge in [0, 0.05) is 32.7 Å². The highest BCUT2D eigenvalue weighted by Crippen LogP contribution is 2.20. The van der Waals surface area contributed by atoms with Crippen molar-refractivity contribution >= 4 is 23.2 Å². The largest absolute Gasteiger partial charge is 0.465 e. The number of carbonyl (C=O) groups is 2. The lowest BCUT2D eigenvalue weighted by atomic mass is 10.2. The molecule has 132 valence electrons. The first kappa shape index (κ1) is 17.6. The summed E-state index contributed by atoms with van der Waals surface area (Å²) >= 11 is 1.20. The van der Waals surface area contributed by atoms with Crippen LogP contribution in [0.4, 0.5) is 0 Å². The van der Waals surface area contributed by atoms with Crippen molar-refractivity contribution in [3.05, 3.63) is 57.8 Å². The van der Waals surface area contributed by atoms with Crippen molar-refractivity contribution in [3.8, 4) is 0 Å². The summed E-state index contributed by atoms with van der Waals surface area (Å²) in [5.41, 5.74) is 1.29. The van der Waals surface area contributed by atoms with Crippen LogP contribution in [-0.2, 0) is 11.3 Å². The van der Waals surface area contributed by atoms with E-state index in [1.165, 1.54) is 24.0 Å². The molecule has 1 aliphatic rings. The molecule has 0 spiro atoms. The van der Waals surface area contributed by atoms with Gasteiger partial charge in [-0.1, -0.05) is 30.3 Å². The second-order valence-electron chi connectivity index (χ2n) is 6.06. The summed E-state index contributed by atoms with van der Waals surface area (Å²) in [4.78, 5) is 29.6. The maximum absolute atomic E-state index is 12.7. The molecular weight excluding hydrogens is 336 g/mol. The van der Waals surface area contributed by atoms with Gasteiger partial charge in [-0.15, -0.1) is 11.3 Å². The van der Waals surface area contributed by atoms with Gasteiger partial charge in [0.15, 0.2) is 0 Å². The van der Waals surface area contributed by atoms with Gasteiger partial charge in [-0.05, 0) is 24.1 Å². The van der Waals surface area contributed by atoms with E-state index in [0.29, 0.717) is 16.3 Å². The number of benzene rings is 1. The van der Waals surface area contributed by atoms with Crippen molar-refractivity contribution in [2.45, 2.75) is 13.0 Å². The van der Waals surface area contributed by atoms with E-state index in [4.69, 9.17) is 4.74 Å². The molecule has 1 aromatic carbocycles. The standard InChI is InChI=1S/C19H22N2O3S/c1-24-19(23)17-9-8-16(25-17)18(22)21-11-5-10-20(12-13-21)14-15-6-3-2-4-7-15/h2-4,6-9H,5,10-14H2,1H3. The predicted octanol–water partition coefficient (Wildman–Crippen LogP) is 2.88. The maximum Gasteiger partial charge on any atom is 0.348 e. The Morgan fingerprint density at radius 1 is 1.00 bits per heavy atom. The highest BCUT2D eigenvalue weighted by Gasteiger charge is 2.22. The summed E-state index contributed by atoms with van der Waals surface area (Å²) in [6.45, 7) is 4.20. The number of ether oxygens (including phenoxy) is 1. The SMILES string of the molecule is COC(=O)c1ccc(C(=O)N2CCCN(Cc3ccccc3)CC2)s1. The molecule has 3 rings (SSSR count). The summed E-state index contributed by atoms with van der Waals surface area (Å²) in [5.74, 6) is -0.393. The lowest BCUT2D eigenvalue weighted by Crippen LogP contribution is -2.34. The van der Waals surface area contributed by atoms with Gasteiger partial charge in [-0.2, -0.15) is 0 Å². The average molecular weight is 358 g/mol. The van der Waals surface area contributed by atoms with Crippen molar-refractivity contribution in [2.75, 3.05) is 33.3 Å². The van der Waals surface area contributed by atoms with Crippen LogP contribution < -0.4 is 0 Å². The van der Waals surface area contributed by atoms with Crippen LogP contribution in [0.3, 0.4) is 0 Å². The smallest absolute Gasteiger partial charge is 0.348 e. The monoisotopic (exact) mass is 358 g/mol. The number of rotatable bonds is 4. The molecule has 2 aromatic rings. The molecule has 1 amide bonds. The molecule has 2 heterocycles. The molecule has 1 fully saturated rings. The van der Waals surface area contributed by atoms with E-state index in [2.05, 4.69) is 29.2 Å². The van der Waals surface area contributed by atoms with E-state index >= 15 is 0 Å². The van der Waals surface area contributed by atoms with E-state index in [-0.39, 0.29) is 5.91 Å². The van der Waals surface area contributed by atoms with Crippen LogP contribution in [0.25, 0.3) is 0 Å². The van der Waals surface area contributed by atoms with Gasteiger partial charge in [-0.3, -0.25) is 9.69 Å². The lowest BCUT2D eigenvalue weighted by molar-refractivity contribution is 0.0606. The quantitative estimate of drug-likeness (QED) is 0.789. The van der Waals surface area contributed by atoms with E-state index in [0.717, 1.165) is 32.6 Å². The third-order valence-corrected chi connectivity index (χ3v) is 5.38.